The van der Waals surface area contributed by atoms with Gasteiger partial charge in [0.25, 0.3) is 0 Å². The fourth-order valence-corrected chi connectivity index (χ4v) is 1.16. The van der Waals surface area contributed by atoms with E-state index in [0.29, 0.717) is 12.1 Å². The standard InChI is InChI=1S/C8H20N2.C2H6/c1-5-6-8(10-4)7(2)9-3;1-2/h7-10H,5-6H2,1-4H3;1-2H3. The Kier molecular flexibility index (Phi) is 13.1. The van der Waals surface area contributed by atoms with Gasteiger partial charge in [-0.3, -0.25) is 0 Å². The van der Waals surface area contributed by atoms with Gasteiger partial charge in [0.05, 0.1) is 0 Å². The highest BCUT2D eigenvalue weighted by atomic mass is 15.0. The van der Waals surface area contributed by atoms with Crippen LogP contribution in [-0.4, -0.2) is 26.2 Å². The molecule has 2 N–H and O–H groups in total. The summed E-state index contributed by atoms with van der Waals surface area (Å²) in [5.74, 6) is 0. The van der Waals surface area contributed by atoms with Gasteiger partial charge in [0.2, 0.25) is 0 Å². The third-order valence-corrected chi connectivity index (χ3v) is 2.03. The van der Waals surface area contributed by atoms with Gasteiger partial charge in [0, 0.05) is 12.1 Å². The number of likely N-dealkylation sites (N-methyl/N-ethyl adjacent to an activating group) is 2. The summed E-state index contributed by atoms with van der Waals surface area (Å²) in [4.78, 5) is 0. The molecule has 76 valence electrons. The van der Waals surface area contributed by atoms with Crippen LogP contribution in [0.2, 0.25) is 0 Å². The Hall–Kier alpha value is -0.0800. The summed E-state index contributed by atoms with van der Waals surface area (Å²) in [6.45, 7) is 8.42. The third kappa shape index (κ3) is 6.62. The Morgan fingerprint density at radius 1 is 1.08 bits per heavy atom. The second-order valence-corrected chi connectivity index (χ2v) is 2.76. The van der Waals surface area contributed by atoms with Crippen LogP contribution in [0.5, 0.6) is 0 Å². The van der Waals surface area contributed by atoms with E-state index in [1.54, 1.807) is 0 Å². The van der Waals surface area contributed by atoms with E-state index in [1.165, 1.54) is 12.8 Å². The van der Waals surface area contributed by atoms with Crippen LogP contribution >= 0.6 is 0 Å². The third-order valence-electron chi connectivity index (χ3n) is 2.03. The van der Waals surface area contributed by atoms with Gasteiger partial charge >= 0.3 is 0 Å². The molecular weight excluding hydrogens is 148 g/mol. The predicted molar refractivity (Wildman–Crippen MR) is 57.6 cm³/mol. The maximum atomic E-state index is 3.29. The maximum absolute atomic E-state index is 3.29. The van der Waals surface area contributed by atoms with Crippen molar-refractivity contribution >= 4 is 0 Å². The summed E-state index contributed by atoms with van der Waals surface area (Å²) >= 11 is 0. The van der Waals surface area contributed by atoms with E-state index in [0.717, 1.165) is 0 Å². The van der Waals surface area contributed by atoms with Crippen molar-refractivity contribution in [1.82, 2.24) is 10.6 Å². The Balaban J connectivity index is 0. The highest BCUT2D eigenvalue weighted by Crippen LogP contribution is 2.00. The van der Waals surface area contributed by atoms with Gasteiger partial charge in [0.15, 0.2) is 0 Å². The molecular formula is C10H26N2. The van der Waals surface area contributed by atoms with Crippen molar-refractivity contribution in [3.8, 4) is 0 Å². The first-order valence-electron chi connectivity index (χ1n) is 5.10. The van der Waals surface area contributed by atoms with E-state index in [4.69, 9.17) is 0 Å². The Morgan fingerprint density at radius 3 is 1.83 bits per heavy atom. The van der Waals surface area contributed by atoms with Gasteiger partial charge in [-0.2, -0.15) is 0 Å². The molecule has 0 spiro atoms. The average Bonchev–Trinajstić information content (AvgIpc) is 2.16. The first kappa shape index (κ1) is 14.4. The lowest BCUT2D eigenvalue weighted by Gasteiger charge is -2.22. The van der Waals surface area contributed by atoms with Crippen LogP contribution < -0.4 is 10.6 Å². The minimum Gasteiger partial charge on any atom is -0.316 e. The number of hydrogen-bond acceptors (Lipinski definition) is 2. The van der Waals surface area contributed by atoms with Crippen molar-refractivity contribution in [2.24, 2.45) is 0 Å². The van der Waals surface area contributed by atoms with Gasteiger partial charge < -0.3 is 10.6 Å². The van der Waals surface area contributed by atoms with E-state index >= 15 is 0 Å². The highest BCUT2D eigenvalue weighted by molar-refractivity contribution is 4.74. The second kappa shape index (κ2) is 10.9. The fourth-order valence-electron chi connectivity index (χ4n) is 1.16. The molecule has 0 amide bonds. The second-order valence-electron chi connectivity index (χ2n) is 2.76. The SMILES string of the molecule is CC.CCCC(NC)C(C)NC. The van der Waals surface area contributed by atoms with E-state index in [2.05, 4.69) is 24.5 Å². The van der Waals surface area contributed by atoms with Crippen LogP contribution in [-0.2, 0) is 0 Å². The summed E-state index contributed by atoms with van der Waals surface area (Å²) in [7, 11) is 4.03. The van der Waals surface area contributed by atoms with Crippen LogP contribution in [0.15, 0.2) is 0 Å². The summed E-state index contributed by atoms with van der Waals surface area (Å²) in [6, 6.07) is 1.19. The molecule has 0 aromatic rings. The molecule has 0 radical (unpaired) electrons. The van der Waals surface area contributed by atoms with E-state index < -0.39 is 0 Å². The van der Waals surface area contributed by atoms with Crippen molar-refractivity contribution in [1.29, 1.82) is 0 Å². The molecule has 0 aliphatic heterocycles. The molecule has 0 aliphatic carbocycles. The number of hydrogen-bond donors (Lipinski definition) is 2. The van der Waals surface area contributed by atoms with Gasteiger partial charge in [-0.05, 0) is 27.4 Å². The topological polar surface area (TPSA) is 24.1 Å². The quantitative estimate of drug-likeness (QED) is 0.666. The monoisotopic (exact) mass is 174 g/mol. The maximum Gasteiger partial charge on any atom is 0.0215 e. The smallest absolute Gasteiger partial charge is 0.0215 e. The Bertz CT molecular complexity index is 74.2. The first-order chi connectivity index (χ1) is 5.76. The van der Waals surface area contributed by atoms with Crippen molar-refractivity contribution in [2.45, 2.75) is 52.6 Å². The molecule has 0 aromatic carbocycles. The fraction of sp³-hybridized carbons (Fsp3) is 1.00. The summed E-state index contributed by atoms with van der Waals surface area (Å²) in [5, 5.41) is 6.53. The van der Waals surface area contributed by atoms with Crippen molar-refractivity contribution in [3.05, 3.63) is 0 Å². The zero-order chi connectivity index (χ0) is 9.98. The molecule has 0 rings (SSSR count). The summed E-state index contributed by atoms with van der Waals surface area (Å²) in [5.41, 5.74) is 0. The molecule has 0 aliphatic rings. The van der Waals surface area contributed by atoms with Crippen LogP contribution in [0.25, 0.3) is 0 Å². The molecule has 2 unspecified atom stereocenters. The minimum absolute atomic E-state index is 0.574. The normalized spacial score (nSPS) is 14.5. The molecule has 12 heavy (non-hydrogen) atoms. The van der Waals surface area contributed by atoms with Crippen LogP contribution in [0.1, 0.15) is 40.5 Å². The van der Waals surface area contributed by atoms with E-state index in [-0.39, 0.29) is 0 Å². The molecule has 0 saturated heterocycles. The largest absolute Gasteiger partial charge is 0.316 e. The zero-order valence-electron chi connectivity index (χ0n) is 9.57. The van der Waals surface area contributed by atoms with Crippen molar-refractivity contribution < 1.29 is 0 Å². The van der Waals surface area contributed by atoms with Gasteiger partial charge in [-0.1, -0.05) is 27.2 Å². The summed E-state index contributed by atoms with van der Waals surface area (Å²) < 4.78 is 0. The summed E-state index contributed by atoms with van der Waals surface area (Å²) in [6.07, 6.45) is 2.50. The van der Waals surface area contributed by atoms with Crippen molar-refractivity contribution in [2.75, 3.05) is 14.1 Å². The molecule has 0 bridgehead atoms. The van der Waals surface area contributed by atoms with Crippen LogP contribution in [0, 0.1) is 0 Å². The van der Waals surface area contributed by atoms with Gasteiger partial charge in [0.1, 0.15) is 0 Å². The molecule has 0 aromatic heterocycles. The minimum atomic E-state index is 0.574. The average molecular weight is 174 g/mol. The molecule has 2 heteroatoms. The van der Waals surface area contributed by atoms with Crippen molar-refractivity contribution in [3.63, 3.8) is 0 Å². The van der Waals surface area contributed by atoms with Crippen LogP contribution in [0.3, 0.4) is 0 Å². The lowest BCUT2D eigenvalue weighted by Crippen LogP contribution is -2.43. The van der Waals surface area contributed by atoms with E-state index in [1.807, 2.05) is 27.9 Å². The molecule has 2 nitrogen and oxygen atoms in total. The Morgan fingerprint density at radius 2 is 1.58 bits per heavy atom. The molecule has 0 heterocycles. The zero-order valence-corrected chi connectivity index (χ0v) is 9.57. The van der Waals surface area contributed by atoms with Gasteiger partial charge in [-0.15, -0.1) is 0 Å². The lowest BCUT2D eigenvalue weighted by molar-refractivity contribution is 0.406. The van der Waals surface area contributed by atoms with Crippen LogP contribution in [0.4, 0.5) is 0 Å². The highest BCUT2D eigenvalue weighted by Gasteiger charge is 2.10. The van der Waals surface area contributed by atoms with Gasteiger partial charge in [-0.25, -0.2) is 0 Å². The predicted octanol–water partition coefficient (Wildman–Crippen LogP) is 2.01. The first-order valence-corrected chi connectivity index (χ1v) is 5.10. The molecule has 0 saturated carbocycles. The lowest BCUT2D eigenvalue weighted by atomic mass is 10.1. The Labute approximate surface area is 78.1 Å². The molecule has 2 atom stereocenters. The number of nitrogens with one attached hydrogen (secondary N) is 2. The molecule has 0 fully saturated rings. The number of rotatable bonds is 5. The van der Waals surface area contributed by atoms with E-state index in [9.17, 15) is 0 Å².